The van der Waals surface area contributed by atoms with Crippen molar-refractivity contribution in [1.82, 2.24) is 4.57 Å². The predicted octanol–water partition coefficient (Wildman–Crippen LogP) is 6.91. The number of aromatic nitrogens is 1. The van der Waals surface area contributed by atoms with Crippen molar-refractivity contribution in [2.75, 3.05) is 0 Å². The van der Waals surface area contributed by atoms with Crippen molar-refractivity contribution in [2.45, 2.75) is 13.8 Å². The van der Waals surface area contributed by atoms with E-state index in [-0.39, 0.29) is 28.4 Å². The molecule has 184 valence electrons. The quantitative estimate of drug-likeness (QED) is 0.231. The summed E-state index contributed by atoms with van der Waals surface area (Å²) in [6.07, 6.45) is 1.37. The van der Waals surface area contributed by atoms with E-state index in [1.807, 2.05) is 32.0 Å². The number of phenols is 1. The Labute approximate surface area is 212 Å². The minimum absolute atomic E-state index is 0.0210. The summed E-state index contributed by atoms with van der Waals surface area (Å²) in [7, 11) is 0. The van der Waals surface area contributed by atoms with Gasteiger partial charge in [-0.3, -0.25) is 9.56 Å². The molecule has 0 spiro atoms. The molecule has 0 radical (unpaired) electrons. The molecule has 0 amide bonds. The largest absolute Gasteiger partial charge is 0.505 e. The highest BCUT2D eigenvalue weighted by Gasteiger charge is 2.19. The van der Waals surface area contributed by atoms with Crippen LogP contribution in [0.25, 0.3) is 27.7 Å². The summed E-state index contributed by atoms with van der Waals surface area (Å²) in [6.45, 7) is 3.97. The molecule has 0 unspecified atom stereocenters. The van der Waals surface area contributed by atoms with Gasteiger partial charge in [0, 0.05) is 22.9 Å². The fourth-order valence-corrected chi connectivity index (χ4v) is 4.57. The molecule has 37 heavy (non-hydrogen) atoms. The standard InChI is InChI=1S/C30H23FN2O4/c1-17-11-18(2)13-20(12-17)23-7-4-8-26(28(23)34)32-16-25-24-15-21(31)9-10-27(24)33(29(25)35)22-6-3-5-19(14-22)30(36)37/h3-16,34-35H,1-2H3,(H,36,37). The van der Waals surface area contributed by atoms with E-state index in [1.165, 1.54) is 41.1 Å². The second-order valence-electron chi connectivity index (χ2n) is 8.90. The number of carbonyl (C=O) groups is 1. The zero-order valence-electron chi connectivity index (χ0n) is 20.1. The minimum atomic E-state index is -1.11. The second kappa shape index (κ2) is 9.28. The Morgan fingerprint density at radius 2 is 1.65 bits per heavy atom. The lowest BCUT2D eigenvalue weighted by atomic mass is 9.99. The molecule has 3 N–H and O–H groups in total. The van der Waals surface area contributed by atoms with E-state index < -0.39 is 11.8 Å². The van der Waals surface area contributed by atoms with Crippen molar-refractivity contribution < 1.29 is 24.5 Å². The monoisotopic (exact) mass is 494 g/mol. The van der Waals surface area contributed by atoms with Crippen LogP contribution in [0.1, 0.15) is 27.0 Å². The average Bonchev–Trinajstić information content (AvgIpc) is 3.13. The molecule has 0 aliphatic heterocycles. The zero-order valence-corrected chi connectivity index (χ0v) is 20.1. The number of aliphatic imine (C=N–C) groups is 1. The summed E-state index contributed by atoms with van der Waals surface area (Å²) in [5.41, 5.74) is 5.02. The lowest BCUT2D eigenvalue weighted by Crippen LogP contribution is -1.99. The van der Waals surface area contributed by atoms with Crippen LogP contribution < -0.4 is 0 Å². The van der Waals surface area contributed by atoms with Crippen LogP contribution in [-0.2, 0) is 0 Å². The normalized spacial score (nSPS) is 11.4. The lowest BCUT2D eigenvalue weighted by molar-refractivity contribution is 0.0696. The molecule has 7 heteroatoms. The first-order valence-corrected chi connectivity index (χ1v) is 11.5. The zero-order chi connectivity index (χ0) is 26.3. The number of fused-ring (bicyclic) bond motifs is 1. The first-order valence-electron chi connectivity index (χ1n) is 11.5. The van der Waals surface area contributed by atoms with E-state index in [2.05, 4.69) is 4.99 Å². The van der Waals surface area contributed by atoms with Crippen LogP contribution in [0.4, 0.5) is 10.1 Å². The highest BCUT2D eigenvalue weighted by molar-refractivity contribution is 6.04. The highest BCUT2D eigenvalue weighted by Crippen LogP contribution is 2.39. The summed E-state index contributed by atoms with van der Waals surface area (Å²) in [5.74, 6) is -1.87. The van der Waals surface area contributed by atoms with E-state index in [1.54, 1.807) is 30.3 Å². The maximum atomic E-state index is 14.2. The van der Waals surface area contributed by atoms with Crippen LogP contribution in [0.15, 0.2) is 83.9 Å². The fourth-order valence-electron chi connectivity index (χ4n) is 4.57. The van der Waals surface area contributed by atoms with Crippen molar-refractivity contribution >= 4 is 28.8 Å². The van der Waals surface area contributed by atoms with E-state index >= 15 is 0 Å². The van der Waals surface area contributed by atoms with Gasteiger partial charge in [-0.05, 0) is 61.9 Å². The number of phenolic OH excluding ortho intramolecular Hbond substituents is 1. The van der Waals surface area contributed by atoms with Crippen LogP contribution >= 0.6 is 0 Å². The number of para-hydroxylation sites is 1. The molecule has 6 nitrogen and oxygen atoms in total. The molecule has 0 bridgehead atoms. The highest BCUT2D eigenvalue weighted by atomic mass is 19.1. The van der Waals surface area contributed by atoms with E-state index in [9.17, 15) is 24.5 Å². The molecular formula is C30H23FN2O4. The van der Waals surface area contributed by atoms with Crippen molar-refractivity contribution in [1.29, 1.82) is 0 Å². The van der Waals surface area contributed by atoms with Gasteiger partial charge in [0.05, 0.1) is 16.6 Å². The summed E-state index contributed by atoms with van der Waals surface area (Å²) in [4.78, 5) is 15.9. The number of carboxylic acids is 1. The maximum Gasteiger partial charge on any atom is 0.335 e. The molecule has 5 aromatic rings. The molecule has 0 saturated carbocycles. The van der Waals surface area contributed by atoms with Crippen molar-refractivity contribution in [3.8, 4) is 28.4 Å². The lowest BCUT2D eigenvalue weighted by Gasteiger charge is -2.09. The third-order valence-corrected chi connectivity index (χ3v) is 6.17. The van der Waals surface area contributed by atoms with Gasteiger partial charge in [-0.1, -0.05) is 47.5 Å². The first kappa shape index (κ1) is 23.8. The van der Waals surface area contributed by atoms with Gasteiger partial charge in [0.15, 0.2) is 0 Å². The maximum absolute atomic E-state index is 14.2. The van der Waals surface area contributed by atoms with Gasteiger partial charge in [-0.2, -0.15) is 0 Å². The molecule has 0 atom stereocenters. The molecule has 1 heterocycles. The van der Waals surface area contributed by atoms with E-state index in [0.717, 1.165) is 16.7 Å². The number of hydrogen-bond acceptors (Lipinski definition) is 4. The van der Waals surface area contributed by atoms with Gasteiger partial charge in [-0.25, -0.2) is 9.18 Å². The number of aromatic carboxylic acids is 1. The van der Waals surface area contributed by atoms with E-state index in [0.29, 0.717) is 22.2 Å². The summed E-state index contributed by atoms with van der Waals surface area (Å²) < 4.78 is 15.6. The third-order valence-electron chi connectivity index (χ3n) is 6.17. The predicted molar refractivity (Wildman–Crippen MR) is 142 cm³/mol. The van der Waals surface area contributed by atoms with Gasteiger partial charge in [-0.15, -0.1) is 0 Å². The van der Waals surface area contributed by atoms with Gasteiger partial charge in [0.25, 0.3) is 0 Å². The van der Waals surface area contributed by atoms with Gasteiger partial charge < -0.3 is 15.3 Å². The Hall–Kier alpha value is -4.91. The number of carboxylic acid groups (broad SMARTS) is 1. The van der Waals surface area contributed by atoms with Crippen LogP contribution in [0.5, 0.6) is 11.6 Å². The average molecular weight is 495 g/mol. The number of benzene rings is 4. The van der Waals surface area contributed by atoms with Crippen LogP contribution in [0, 0.1) is 19.7 Å². The van der Waals surface area contributed by atoms with E-state index in [4.69, 9.17) is 0 Å². The number of hydrogen-bond donors (Lipinski definition) is 3. The van der Waals surface area contributed by atoms with Gasteiger partial charge >= 0.3 is 5.97 Å². The molecule has 0 saturated heterocycles. The Balaban J connectivity index is 1.64. The SMILES string of the molecule is Cc1cc(C)cc(-c2cccc(N=Cc3c(O)n(-c4cccc(C(=O)O)c4)c4ccc(F)cc34)c2O)c1. The topological polar surface area (TPSA) is 95.1 Å². The van der Waals surface area contributed by atoms with Gasteiger partial charge in [0.1, 0.15) is 17.3 Å². The summed E-state index contributed by atoms with van der Waals surface area (Å²) >= 11 is 0. The molecule has 1 aromatic heterocycles. The molecule has 0 aliphatic rings. The fraction of sp³-hybridized carbons (Fsp3) is 0.0667. The Morgan fingerprint density at radius 1 is 0.919 bits per heavy atom. The Bertz CT molecular complexity index is 1700. The Kier molecular flexibility index (Phi) is 5.97. The molecule has 0 fully saturated rings. The number of nitrogens with zero attached hydrogens (tertiary/aromatic N) is 2. The van der Waals surface area contributed by atoms with Gasteiger partial charge in [0.2, 0.25) is 5.88 Å². The third kappa shape index (κ3) is 4.43. The minimum Gasteiger partial charge on any atom is -0.505 e. The molecular weight excluding hydrogens is 471 g/mol. The smallest absolute Gasteiger partial charge is 0.335 e. The van der Waals surface area contributed by atoms with Crippen molar-refractivity contribution in [3.63, 3.8) is 0 Å². The number of aromatic hydroxyl groups is 2. The molecule has 5 rings (SSSR count). The van der Waals surface area contributed by atoms with Crippen LogP contribution in [0.3, 0.4) is 0 Å². The first-order chi connectivity index (χ1) is 17.7. The van der Waals surface area contributed by atoms with Crippen molar-refractivity contribution in [2.24, 2.45) is 4.99 Å². The summed E-state index contributed by atoms with van der Waals surface area (Å²) in [6, 6.07) is 21.4. The molecule has 0 aliphatic carbocycles. The summed E-state index contributed by atoms with van der Waals surface area (Å²) in [5, 5.41) is 31.9. The Morgan fingerprint density at radius 3 is 2.38 bits per heavy atom. The van der Waals surface area contributed by atoms with Crippen LogP contribution in [-0.4, -0.2) is 32.1 Å². The second-order valence-corrected chi connectivity index (χ2v) is 8.90. The number of halogens is 1. The van der Waals surface area contributed by atoms with Crippen LogP contribution in [0.2, 0.25) is 0 Å². The number of rotatable bonds is 5. The number of aryl methyl sites for hydroxylation is 2. The van der Waals surface area contributed by atoms with Crippen molar-refractivity contribution in [3.05, 3.63) is 107 Å². The molecule has 4 aromatic carbocycles.